The minimum Gasteiger partial charge on any atom is -0.325 e. The molecule has 3 rings (SSSR count). The molecule has 0 bridgehead atoms. The van der Waals surface area contributed by atoms with Gasteiger partial charge in [0.25, 0.3) is 0 Å². The predicted molar refractivity (Wildman–Crippen MR) is 84.2 cm³/mol. The van der Waals surface area contributed by atoms with Crippen LogP contribution in [0.25, 0.3) is 10.9 Å². The van der Waals surface area contributed by atoms with Crippen LogP contribution in [0.2, 0.25) is 0 Å². The lowest BCUT2D eigenvalue weighted by Crippen LogP contribution is -2.16. The zero-order valence-electron chi connectivity index (χ0n) is 12.8. The van der Waals surface area contributed by atoms with Gasteiger partial charge in [-0.25, -0.2) is 4.98 Å². The third-order valence-electron chi connectivity index (χ3n) is 3.84. The summed E-state index contributed by atoms with van der Waals surface area (Å²) < 4.78 is 4.18. The molecule has 0 fully saturated rings. The van der Waals surface area contributed by atoms with E-state index in [9.17, 15) is 0 Å². The van der Waals surface area contributed by atoms with E-state index in [2.05, 4.69) is 45.1 Å². The van der Waals surface area contributed by atoms with Crippen molar-refractivity contribution < 1.29 is 0 Å². The van der Waals surface area contributed by atoms with Crippen LogP contribution in [-0.2, 0) is 20.1 Å². The number of rotatable bonds is 5. The molecule has 5 heteroatoms. The number of hydrogen-bond acceptors (Lipinski definition) is 3. The van der Waals surface area contributed by atoms with Crippen LogP contribution in [0.4, 0.5) is 0 Å². The number of aryl methyl sites for hydroxylation is 2. The van der Waals surface area contributed by atoms with Crippen molar-refractivity contribution in [2.75, 3.05) is 6.54 Å². The SMILES string of the molecule is CCNCc1cnc(C)n1Cc1nn(C)c2ccccc12. The second-order valence-corrected chi connectivity index (χ2v) is 5.25. The summed E-state index contributed by atoms with van der Waals surface area (Å²) in [6.45, 7) is 6.70. The Balaban J connectivity index is 1.97. The fraction of sp³-hybridized carbons (Fsp3) is 0.375. The van der Waals surface area contributed by atoms with Crippen molar-refractivity contribution in [1.29, 1.82) is 0 Å². The summed E-state index contributed by atoms with van der Waals surface area (Å²) in [5.41, 5.74) is 3.45. The van der Waals surface area contributed by atoms with Gasteiger partial charge >= 0.3 is 0 Å². The van der Waals surface area contributed by atoms with Crippen molar-refractivity contribution >= 4 is 10.9 Å². The molecule has 2 heterocycles. The summed E-state index contributed by atoms with van der Waals surface area (Å²) in [7, 11) is 1.99. The quantitative estimate of drug-likeness (QED) is 0.781. The molecule has 0 unspecified atom stereocenters. The molecule has 110 valence electrons. The lowest BCUT2D eigenvalue weighted by Gasteiger charge is -2.09. The topological polar surface area (TPSA) is 47.7 Å². The van der Waals surface area contributed by atoms with E-state index in [1.54, 1.807) is 0 Å². The Hall–Kier alpha value is -2.14. The Morgan fingerprint density at radius 2 is 2.05 bits per heavy atom. The molecule has 0 saturated carbocycles. The van der Waals surface area contributed by atoms with Crippen LogP contribution in [0, 0.1) is 6.92 Å². The van der Waals surface area contributed by atoms with E-state index in [1.165, 1.54) is 16.6 Å². The van der Waals surface area contributed by atoms with E-state index in [0.29, 0.717) is 0 Å². The molecule has 21 heavy (non-hydrogen) atoms. The Kier molecular flexibility index (Phi) is 3.75. The minimum atomic E-state index is 0.758. The van der Waals surface area contributed by atoms with E-state index in [4.69, 9.17) is 0 Å². The van der Waals surface area contributed by atoms with Gasteiger partial charge in [-0.2, -0.15) is 5.10 Å². The molecular weight excluding hydrogens is 262 g/mol. The zero-order chi connectivity index (χ0) is 14.8. The second-order valence-electron chi connectivity index (χ2n) is 5.25. The van der Waals surface area contributed by atoms with Gasteiger partial charge in [-0.3, -0.25) is 4.68 Å². The fourth-order valence-electron chi connectivity index (χ4n) is 2.68. The number of fused-ring (bicyclic) bond motifs is 1. The number of imidazole rings is 1. The summed E-state index contributed by atoms with van der Waals surface area (Å²) in [6.07, 6.45) is 1.95. The molecule has 3 aromatic rings. The normalized spacial score (nSPS) is 11.4. The molecule has 0 aliphatic carbocycles. The molecule has 1 aromatic carbocycles. The molecular formula is C16H21N5. The molecule has 0 amide bonds. The predicted octanol–water partition coefficient (Wildman–Crippen LogP) is 2.24. The summed E-state index contributed by atoms with van der Waals surface area (Å²) in [5, 5.41) is 9.25. The van der Waals surface area contributed by atoms with E-state index >= 15 is 0 Å². The number of nitrogens with one attached hydrogen (secondary N) is 1. The van der Waals surface area contributed by atoms with Crippen LogP contribution in [0.15, 0.2) is 30.5 Å². The molecule has 2 aromatic heterocycles. The summed E-state index contributed by atoms with van der Waals surface area (Å²) in [5.74, 6) is 1.03. The van der Waals surface area contributed by atoms with Gasteiger partial charge < -0.3 is 9.88 Å². The van der Waals surface area contributed by atoms with Gasteiger partial charge in [-0.05, 0) is 19.5 Å². The van der Waals surface area contributed by atoms with Gasteiger partial charge in [0.1, 0.15) is 5.82 Å². The van der Waals surface area contributed by atoms with Crippen molar-refractivity contribution in [3.63, 3.8) is 0 Å². The third kappa shape index (κ3) is 2.56. The van der Waals surface area contributed by atoms with Gasteiger partial charge in [0.05, 0.1) is 23.4 Å². The van der Waals surface area contributed by atoms with E-state index in [-0.39, 0.29) is 0 Å². The van der Waals surface area contributed by atoms with Crippen molar-refractivity contribution in [2.45, 2.75) is 26.9 Å². The Morgan fingerprint density at radius 3 is 2.86 bits per heavy atom. The van der Waals surface area contributed by atoms with Crippen molar-refractivity contribution in [3.8, 4) is 0 Å². The lowest BCUT2D eigenvalue weighted by molar-refractivity contribution is 0.633. The maximum Gasteiger partial charge on any atom is 0.106 e. The molecule has 0 saturated heterocycles. The maximum atomic E-state index is 4.67. The van der Waals surface area contributed by atoms with Gasteiger partial charge in [-0.1, -0.05) is 25.1 Å². The molecule has 0 aliphatic heterocycles. The van der Waals surface area contributed by atoms with Crippen molar-refractivity contribution in [3.05, 3.63) is 47.7 Å². The van der Waals surface area contributed by atoms with Crippen LogP contribution >= 0.6 is 0 Å². The molecule has 5 nitrogen and oxygen atoms in total. The van der Waals surface area contributed by atoms with Gasteiger partial charge in [0.15, 0.2) is 0 Å². The number of nitrogens with zero attached hydrogens (tertiary/aromatic N) is 4. The van der Waals surface area contributed by atoms with Gasteiger partial charge in [0.2, 0.25) is 0 Å². The molecule has 0 spiro atoms. The Labute approximate surface area is 124 Å². The standard InChI is InChI=1S/C16H21N5/c1-4-17-9-13-10-18-12(2)21(13)11-15-14-7-5-6-8-16(14)20(3)19-15/h5-8,10,17H,4,9,11H2,1-3H3. The smallest absolute Gasteiger partial charge is 0.106 e. The minimum absolute atomic E-state index is 0.758. The van der Waals surface area contributed by atoms with Gasteiger partial charge in [0, 0.05) is 25.2 Å². The molecule has 0 atom stereocenters. The lowest BCUT2D eigenvalue weighted by atomic mass is 10.2. The Bertz CT molecular complexity index is 753. The van der Waals surface area contributed by atoms with E-state index in [0.717, 1.165) is 31.2 Å². The number of para-hydroxylation sites is 1. The van der Waals surface area contributed by atoms with Crippen LogP contribution in [0.5, 0.6) is 0 Å². The number of hydrogen-bond donors (Lipinski definition) is 1. The first-order valence-electron chi connectivity index (χ1n) is 7.33. The first kappa shape index (κ1) is 13.8. The molecule has 1 N–H and O–H groups in total. The number of aromatic nitrogens is 4. The van der Waals surface area contributed by atoms with E-state index < -0.39 is 0 Å². The van der Waals surface area contributed by atoms with E-state index in [1.807, 2.05) is 30.9 Å². The second kappa shape index (κ2) is 5.69. The maximum absolute atomic E-state index is 4.67. The Morgan fingerprint density at radius 1 is 1.24 bits per heavy atom. The van der Waals surface area contributed by atoms with Gasteiger partial charge in [-0.15, -0.1) is 0 Å². The summed E-state index contributed by atoms with van der Waals surface area (Å²) >= 11 is 0. The van der Waals surface area contributed by atoms with Crippen molar-refractivity contribution in [1.82, 2.24) is 24.6 Å². The van der Waals surface area contributed by atoms with Crippen LogP contribution in [0.1, 0.15) is 24.1 Å². The highest BCUT2D eigenvalue weighted by atomic mass is 15.3. The third-order valence-corrected chi connectivity index (χ3v) is 3.84. The first-order chi connectivity index (χ1) is 10.2. The summed E-state index contributed by atoms with van der Waals surface area (Å²) in [4.78, 5) is 4.44. The van der Waals surface area contributed by atoms with Crippen LogP contribution < -0.4 is 5.32 Å². The molecule has 0 aliphatic rings. The average Bonchev–Trinajstić information content (AvgIpc) is 3.00. The fourth-order valence-corrected chi connectivity index (χ4v) is 2.68. The van der Waals surface area contributed by atoms with Crippen LogP contribution in [0.3, 0.4) is 0 Å². The highest BCUT2D eigenvalue weighted by Crippen LogP contribution is 2.19. The zero-order valence-corrected chi connectivity index (χ0v) is 12.8. The highest BCUT2D eigenvalue weighted by Gasteiger charge is 2.12. The highest BCUT2D eigenvalue weighted by molar-refractivity contribution is 5.81. The average molecular weight is 283 g/mol. The number of benzene rings is 1. The van der Waals surface area contributed by atoms with Crippen LogP contribution in [-0.4, -0.2) is 25.9 Å². The first-order valence-corrected chi connectivity index (χ1v) is 7.33. The largest absolute Gasteiger partial charge is 0.325 e. The monoisotopic (exact) mass is 283 g/mol. The van der Waals surface area contributed by atoms with Crippen molar-refractivity contribution in [2.24, 2.45) is 7.05 Å². The summed E-state index contributed by atoms with van der Waals surface area (Å²) in [6, 6.07) is 8.35. The molecule has 0 radical (unpaired) electrons.